The van der Waals surface area contributed by atoms with Crippen LogP contribution in [-0.4, -0.2) is 8.07 Å². The van der Waals surface area contributed by atoms with E-state index in [1.54, 1.807) is 10.4 Å². The van der Waals surface area contributed by atoms with Crippen LogP contribution in [0.25, 0.3) is 43.8 Å². The summed E-state index contributed by atoms with van der Waals surface area (Å²) >= 11 is 0. The number of fused-ring (bicyclic) bond motifs is 2. The van der Waals surface area contributed by atoms with E-state index in [4.69, 9.17) is 0 Å². The van der Waals surface area contributed by atoms with E-state index in [2.05, 4.69) is 151 Å². The summed E-state index contributed by atoms with van der Waals surface area (Å²) in [5.74, 6) is 0. The van der Waals surface area contributed by atoms with Crippen molar-refractivity contribution in [3.8, 4) is 22.3 Å². The van der Waals surface area contributed by atoms with Crippen molar-refractivity contribution in [3.05, 3.63) is 135 Å². The molecule has 0 saturated heterocycles. The summed E-state index contributed by atoms with van der Waals surface area (Å²) in [6, 6.07) is 41.4. The van der Waals surface area contributed by atoms with Gasteiger partial charge < -0.3 is 14.9 Å². The molecule has 0 unspecified atom stereocenters. The van der Waals surface area contributed by atoms with Gasteiger partial charge in [0.25, 0.3) is 0 Å². The molecule has 0 nitrogen and oxygen atoms in total. The molecule has 0 aromatic heterocycles. The van der Waals surface area contributed by atoms with Crippen LogP contribution in [0, 0.1) is 28.7 Å². The Morgan fingerprint density at radius 3 is 1.21 bits per heavy atom. The summed E-state index contributed by atoms with van der Waals surface area (Å²) in [5, 5.41) is 8.63. The molecule has 6 rings (SSSR count). The molecule has 0 saturated carbocycles. The molecule has 0 aliphatic carbocycles. The van der Waals surface area contributed by atoms with Gasteiger partial charge in [-0.05, 0) is 47.2 Å². The molecule has 6 aromatic rings. The molecule has 42 heavy (non-hydrogen) atoms. The predicted molar refractivity (Wildman–Crippen MR) is 187 cm³/mol. The number of aryl methyl sites for hydroxylation is 2. The third-order valence-corrected chi connectivity index (χ3v) is 15.3. The minimum absolute atomic E-state index is 0. The first-order valence-electron chi connectivity index (χ1n) is 14.3. The zero-order chi connectivity index (χ0) is 27.3. The van der Waals surface area contributed by atoms with E-state index in [0.717, 1.165) is 0 Å². The van der Waals surface area contributed by atoms with Crippen molar-refractivity contribution < 1.29 is 25.8 Å². The molecule has 0 aliphatic heterocycles. The fraction of sp³-hybridized carbons (Fsp3) is 0.200. The van der Waals surface area contributed by atoms with Gasteiger partial charge in [0, 0.05) is 0 Å². The van der Waals surface area contributed by atoms with Crippen molar-refractivity contribution in [2.45, 2.75) is 52.6 Å². The third kappa shape index (κ3) is 5.37. The van der Waals surface area contributed by atoms with Crippen LogP contribution in [0.2, 0.25) is 11.1 Å². The van der Waals surface area contributed by atoms with Crippen molar-refractivity contribution in [1.29, 1.82) is 0 Å². The zero-order valence-electron chi connectivity index (χ0n) is 26.5. The van der Waals surface area contributed by atoms with Gasteiger partial charge in [0.05, 0.1) is 8.07 Å². The summed E-state index contributed by atoms with van der Waals surface area (Å²) in [7, 11) is -2.14. The van der Waals surface area contributed by atoms with Crippen molar-refractivity contribution in [3.63, 3.8) is 0 Å². The molecule has 0 heterocycles. The quantitative estimate of drug-likeness (QED) is 0.118. The molecule has 0 aliphatic rings. The zero-order valence-corrected chi connectivity index (χ0v) is 31.1. The van der Waals surface area contributed by atoms with Gasteiger partial charge in [0.15, 0.2) is 0 Å². The topological polar surface area (TPSA) is 0 Å². The molecule has 2 heteroatoms. The molecule has 212 valence electrons. The molecular formula is C40H44HfSi. The minimum Gasteiger partial charge on any atom is -0.358 e. The van der Waals surface area contributed by atoms with Crippen LogP contribution in [0.3, 0.4) is 0 Å². The number of hydrogen-bond donors (Lipinski definition) is 0. The van der Waals surface area contributed by atoms with Crippen LogP contribution >= 0.6 is 0 Å². The first-order valence-corrected chi connectivity index (χ1v) is 16.5. The maximum absolute atomic E-state index is 2.56. The average molecular weight is 731 g/mol. The van der Waals surface area contributed by atoms with E-state index in [1.807, 2.05) is 0 Å². The smallest absolute Gasteiger partial charge is 0.358 e. The Balaban J connectivity index is 0.00000161. The predicted octanol–water partition coefficient (Wildman–Crippen LogP) is 10.7. The summed E-state index contributed by atoms with van der Waals surface area (Å²) in [6.45, 7) is 14.3. The SMILES string of the molecule is Cc1ccccc1-c1cccc2[cH-]c([Si](c3cc4c(-c5ccccc5C)cccc4[cH-]3)(C(C)C)C(C)C)cc12.[CH3-].[CH3-].[Hf+4]. The van der Waals surface area contributed by atoms with Gasteiger partial charge in [-0.2, -0.15) is 12.1 Å². The maximum Gasteiger partial charge on any atom is 4.00 e. The molecule has 0 N–H and O–H groups in total. The number of hydrogen-bond acceptors (Lipinski definition) is 0. The van der Waals surface area contributed by atoms with Crippen molar-refractivity contribution >= 4 is 40.0 Å². The molecule has 0 bridgehead atoms. The van der Waals surface area contributed by atoms with Crippen LogP contribution in [0.5, 0.6) is 0 Å². The maximum atomic E-state index is 2.56. The Hall–Kier alpha value is -2.81. The third-order valence-electron chi connectivity index (χ3n) is 9.15. The van der Waals surface area contributed by atoms with Gasteiger partial charge >= 0.3 is 25.8 Å². The van der Waals surface area contributed by atoms with Crippen LogP contribution in [-0.2, 0) is 25.8 Å². The van der Waals surface area contributed by atoms with Crippen molar-refractivity contribution in [2.75, 3.05) is 0 Å². The monoisotopic (exact) mass is 732 g/mol. The number of rotatable bonds is 6. The van der Waals surface area contributed by atoms with Crippen LogP contribution < -0.4 is 10.4 Å². The van der Waals surface area contributed by atoms with Gasteiger partial charge in [0.1, 0.15) is 0 Å². The first kappa shape index (κ1) is 33.7. The van der Waals surface area contributed by atoms with E-state index >= 15 is 0 Å². The van der Waals surface area contributed by atoms with Gasteiger partial charge in [0.2, 0.25) is 0 Å². The van der Waals surface area contributed by atoms with Crippen LogP contribution in [0.4, 0.5) is 0 Å². The second-order valence-corrected chi connectivity index (χ2v) is 17.1. The molecule has 0 amide bonds. The van der Waals surface area contributed by atoms with Gasteiger partial charge in [-0.3, -0.25) is 0 Å². The fourth-order valence-corrected chi connectivity index (χ4v) is 13.2. The summed E-state index contributed by atoms with van der Waals surface area (Å²) in [4.78, 5) is 0. The minimum atomic E-state index is -2.14. The molecule has 0 atom stereocenters. The van der Waals surface area contributed by atoms with E-state index in [0.29, 0.717) is 11.1 Å². The molecule has 0 spiro atoms. The second kappa shape index (κ2) is 13.2. The summed E-state index contributed by atoms with van der Waals surface area (Å²) in [6.07, 6.45) is 0. The Kier molecular flexibility index (Phi) is 10.6. The Bertz CT molecular complexity index is 1660. The van der Waals surface area contributed by atoms with Crippen LogP contribution in [0.15, 0.2) is 109 Å². The van der Waals surface area contributed by atoms with E-state index in [-0.39, 0.29) is 40.7 Å². The van der Waals surface area contributed by atoms with Gasteiger partial charge in [-0.1, -0.05) is 99.5 Å². The molecular weight excluding hydrogens is 687 g/mol. The first-order chi connectivity index (χ1) is 18.8. The van der Waals surface area contributed by atoms with E-state index in [1.165, 1.54) is 54.9 Å². The van der Waals surface area contributed by atoms with Crippen molar-refractivity contribution in [1.82, 2.24) is 0 Å². The number of benzene rings is 4. The standard InChI is InChI=1S/C38H38Si.2CH3.Hf/c1-25(2)39(26(3)4,31-21-29-15-11-19-35(37(29)23-31)33-17-9-7-13-27(33)5)32-22-30-16-12-20-36(38(30)24-32)34-18-10-8-14-28(34)6;;;/h7-26H,1-6H3;2*1H3;/q-2;2*-1;+4. The Labute approximate surface area is 274 Å². The van der Waals surface area contributed by atoms with E-state index < -0.39 is 8.07 Å². The van der Waals surface area contributed by atoms with Crippen molar-refractivity contribution in [2.24, 2.45) is 0 Å². The fourth-order valence-electron chi connectivity index (χ4n) is 7.33. The van der Waals surface area contributed by atoms with Crippen LogP contribution in [0.1, 0.15) is 38.8 Å². The second-order valence-electron chi connectivity index (χ2n) is 11.9. The molecule has 0 radical (unpaired) electrons. The largest absolute Gasteiger partial charge is 4.00 e. The molecule has 6 aromatic carbocycles. The normalized spacial score (nSPS) is 11.4. The Morgan fingerprint density at radius 1 is 0.500 bits per heavy atom. The summed E-state index contributed by atoms with van der Waals surface area (Å²) in [5.41, 5.74) is 9.16. The van der Waals surface area contributed by atoms with Gasteiger partial charge in [-0.15, -0.1) is 68.3 Å². The summed E-state index contributed by atoms with van der Waals surface area (Å²) < 4.78 is 0. The van der Waals surface area contributed by atoms with E-state index in [9.17, 15) is 0 Å². The Morgan fingerprint density at radius 2 is 0.857 bits per heavy atom. The average Bonchev–Trinajstić information content (AvgIpc) is 3.54. The van der Waals surface area contributed by atoms with Gasteiger partial charge in [-0.25, -0.2) is 0 Å². The molecule has 0 fully saturated rings.